The molecule has 4 heteroatoms. The Kier molecular flexibility index (Phi) is 6.80. The number of carbonyl (C=O) groups excluding carboxylic acids is 2. The smallest absolute Gasteiger partial charge is 0.251 e. The fourth-order valence-corrected chi connectivity index (χ4v) is 3.23. The fourth-order valence-electron chi connectivity index (χ4n) is 3.23. The summed E-state index contributed by atoms with van der Waals surface area (Å²) in [5.41, 5.74) is 3.76. The molecule has 0 aromatic heterocycles. The van der Waals surface area contributed by atoms with Crippen LogP contribution in [0.25, 0.3) is 0 Å². The van der Waals surface area contributed by atoms with Crippen LogP contribution in [-0.2, 0) is 11.3 Å². The Hall–Kier alpha value is -3.40. The Morgan fingerprint density at radius 2 is 1.45 bits per heavy atom. The van der Waals surface area contributed by atoms with Crippen molar-refractivity contribution in [3.05, 3.63) is 107 Å². The maximum atomic E-state index is 12.9. The Balaban J connectivity index is 1.73. The van der Waals surface area contributed by atoms with Crippen LogP contribution in [0, 0.1) is 6.92 Å². The highest BCUT2D eigenvalue weighted by atomic mass is 16.2. The van der Waals surface area contributed by atoms with E-state index in [4.69, 9.17) is 0 Å². The zero-order valence-electron chi connectivity index (χ0n) is 16.8. The molecule has 0 saturated carbocycles. The van der Waals surface area contributed by atoms with Gasteiger partial charge in [-0.05, 0) is 35.7 Å². The van der Waals surface area contributed by atoms with Gasteiger partial charge in [-0.25, -0.2) is 0 Å². The van der Waals surface area contributed by atoms with Crippen LogP contribution in [0.3, 0.4) is 0 Å². The number of nitrogens with zero attached hydrogens (tertiary/aromatic N) is 1. The summed E-state index contributed by atoms with van der Waals surface area (Å²) in [5.74, 6) is -0.204. The van der Waals surface area contributed by atoms with Gasteiger partial charge in [-0.15, -0.1) is 0 Å². The van der Waals surface area contributed by atoms with E-state index in [1.165, 1.54) is 0 Å². The van der Waals surface area contributed by atoms with Gasteiger partial charge in [0.15, 0.2) is 0 Å². The van der Waals surface area contributed by atoms with E-state index in [9.17, 15) is 9.59 Å². The first-order valence-electron chi connectivity index (χ1n) is 9.74. The number of hydrogen-bond donors (Lipinski definition) is 1. The summed E-state index contributed by atoms with van der Waals surface area (Å²) < 4.78 is 0. The molecule has 0 radical (unpaired) electrons. The van der Waals surface area contributed by atoms with Crippen LogP contribution in [0.1, 0.15) is 39.5 Å². The van der Waals surface area contributed by atoms with Gasteiger partial charge < -0.3 is 10.2 Å². The molecular formula is C25H26N2O2. The second-order valence-corrected chi connectivity index (χ2v) is 7.18. The van der Waals surface area contributed by atoms with Gasteiger partial charge in [0.05, 0.1) is 12.5 Å². The predicted octanol–water partition coefficient (Wildman–Crippen LogP) is 4.51. The van der Waals surface area contributed by atoms with Crippen LogP contribution >= 0.6 is 0 Å². The number of nitrogens with one attached hydrogen (secondary N) is 1. The lowest BCUT2D eigenvalue weighted by atomic mass is 10.0. The normalized spacial score (nSPS) is 11.5. The van der Waals surface area contributed by atoms with E-state index in [0.717, 1.165) is 16.7 Å². The molecule has 1 atom stereocenters. The van der Waals surface area contributed by atoms with Crippen molar-refractivity contribution in [3.8, 4) is 0 Å². The molecule has 0 spiro atoms. The molecule has 3 aromatic rings. The maximum absolute atomic E-state index is 12.9. The molecule has 0 aliphatic rings. The van der Waals surface area contributed by atoms with Crippen molar-refractivity contribution in [1.29, 1.82) is 0 Å². The number of amides is 2. The molecular weight excluding hydrogens is 360 g/mol. The van der Waals surface area contributed by atoms with E-state index in [1.807, 2.05) is 79.7 Å². The Morgan fingerprint density at radius 3 is 2.10 bits per heavy atom. The average Bonchev–Trinajstić information content (AvgIpc) is 2.76. The van der Waals surface area contributed by atoms with Crippen molar-refractivity contribution in [3.63, 3.8) is 0 Å². The van der Waals surface area contributed by atoms with Gasteiger partial charge >= 0.3 is 0 Å². The zero-order chi connectivity index (χ0) is 20.6. The summed E-state index contributed by atoms with van der Waals surface area (Å²) in [7, 11) is 1.80. The molecule has 0 heterocycles. The SMILES string of the molecule is Cc1ccccc1CN(C)C(=O)CC(NC(=O)c1ccccc1)c1ccccc1. The minimum absolute atomic E-state index is 0.0181. The number of rotatable bonds is 7. The molecule has 1 N–H and O–H groups in total. The molecule has 3 aromatic carbocycles. The highest BCUT2D eigenvalue weighted by Gasteiger charge is 2.21. The average molecular weight is 386 g/mol. The topological polar surface area (TPSA) is 49.4 Å². The minimum Gasteiger partial charge on any atom is -0.345 e. The molecule has 0 bridgehead atoms. The van der Waals surface area contributed by atoms with Gasteiger partial charge in [-0.2, -0.15) is 0 Å². The van der Waals surface area contributed by atoms with E-state index in [1.54, 1.807) is 24.1 Å². The summed E-state index contributed by atoms with van der Waals surface area (Å²) in [5, 5.41) is 3.02. The van der Waals surface area contributed by atoms with Crippen LogP contribution in [-0.4, -0.2) is 23.8 Å². The molecule has 0 aliphatic heterocycles. The molecule has 3 rings (SSSR count). The summed E-state index contributed by atoms with van der Waals surface area (Å²) in [4.78, 5) is 27.3. The Morgan fingerprint density at radius 1 is 0.862 bits per heavy atom. The molecule has 2 amide bonds. The molecule has 1 unspecified atom stereocenters. The van der Waals surface area contributed by atoms with Crippen LogP contribution in [0.5, 0.6) is 0 Å². The number of hydrogen-bond acceptors (Lipinski definition) is 2. The second kappa shape index (κ2) is 9.69. The quantitative estimate of drug-likeness (QED) is 0.649. The summed E-state index contributed by atoms with van der Waals surface area (Å²) in [6.07, 6.45) is 0.199. The lowest BCUT2D eigenvalue weighted by Gasteiger charge is -2.23. The van der Waals surface area contributed by atoms with Crippen LogP contribution in [0.2, 0.25) is 0 Å². The van der Waals surface area contributed by atoms with Gasteiger partial charge in [0.1, 0.15) is 0 Å². The second-order valence-electron chi connectivity index (χ2n) is 7.18. The third-order valence-corrected chi connectivity index (χ3v) is 5.02. The molecule has 0 saturated heterocycles. The Labute approximate surface area is 172 Å². The third-order valence-electron chi connectivity index (χ3n) is 5.02. The maximum Gasteiger partial charge on any atom is 0.251 e. The van der Waals surface area contributed by atoms with E-state index < -0.39 is 6.04 Å². The standard InChI is InChI=1S/C25H26N2O2/c1-19-11-9-10-16-22(19)18-27(2)24(28)17-23(20-12-5-3-6-13-20)26-25(29)21-14-7-4-8-15-21/h3-16,23H,17-18H2,1-2H3,(H,26,29). The van der Waals surface area contributed by atoms with E-state index in [2.05, 4.69) is 5.32 Å². The van der Waals surface area contributed by atoms with E-state index >= 15 is 0 Å². The predicted molar refractivity (Wildman–Crippen MR) is 115 cm³/mol. The van der Waals surface area contributed by atoms with Crippen molar-refractivity contribution >= 4 is 11.8 Å². The van der Waals surface area contributed by atoms with E-state index in [0.29, 0.717) is 12.1 Å². The number of carbonyl (C=O) groups is 2. The first-order chi connectivity index (χ1) is 14.0. The van der Waals surface area contributed by atoms with Crippen molar-refractivity contribution < 1.29 is 9.59 Å². The van der Waals surface area contributed by atoms with Gasteiger partial charge in [0.2, 0.25) is 5.91 Å². The van der Waals surface area contributed by atoms with E-state index in [-0.39, 0.29) is 18.2 Å². The van der Waals surface area contributed by atoms with Crippen LogP contribution in [0.4, 0.5) is 0 Å². The molecule has 0 fully saturated rings. The van der Waals surface area contributed by atoms with Crippen molar-refractivity contribution in [1.82, 2.24) is 10.2 Å². The zero-order valence-corrected chi connectivity index (χ0v) is 16.8. The molecule has 4 nitrogen and oxygen atoms in total. The van der Waals surface area contributed by atoms with Gasteiger partial charge in [0.25, 0.3) is 5.91 Å². The monoisotopic (exact) mass is 386 g/mol. The van der Waals surface area contributed by atoms with Crippen LogP contribution in [0.15, 0.2) is 84.9 Å². The first-order valence-corrected chi connectivity index (χ1v) is 9.74. The fraction of sp³-hybridized carbons (Fsp3) is 0.200. The highest BCUT2D eigenvalue weighted by molar-refractivity contribution is 5.94. The summed E-state index contributed by atoms with van der Waals surface area (Å²) >= 11 is 0. The lowest BCUT2D eigenvalue weighted by Crippen LogP contribution is -2.34. The summed E-state index contributed by atoms with van der Waals surface area (Å²) in [6.45, 7) is 2.58. The van der Waals surface area contributed by atoms with Crippen molar-refractivity contribution in [2.75, 3.05) is 7.05 Å². The molecule has 148 valence electrons. The highest BCUT2D eigenvalue weighted by Crippen LogP contribution is 2.20. The Bertz CT molecular complexity index is 955. The van der Waals surface area contributed by atoms with Crippen LogP contribution < -0.4 is 5.32 Å². The lowest BCUT2D eigenvalue weighted by molar-refractivity contribution is -0.130. The van der Waals surface area contributed by atoms with Gasteiger partial charge in [0, 0.05) is 19.2 Å². The first kappa shape index (κ1) is 20.3. The van der Waals surface area contributed by atoms with Gasteiger partial charge in [-0.3, -0.25) is 9.59 Å². The molecule has 29 heavy (non-hydrogen) atoms. The minimum atomic E-state index is -0.393. The largest absolute Gasteiger partial charge is 0.345 e. The van der Waals surface area contributed by atoms with Gasteiger partial charge in [-0.1, -0.05) is 72.8 Å². The van der Waals surface area contributed by atoms with Crippen molar-refractivity contribution in [2.45, 2.75) is 25.9 Å². The summed E-state index contributed by atoms with van der Waals surface area (Å²) in [6, 6.07) is 26.3. The van der Waals surface area contributed by atoms with Crippen molar-refractivity contribution in [2.24, 2.45) is 0 Å². The number of benzene rings is 3. The molecule has 0 aliphatic carbocycles. The third kappa shape index (κ3) is 5.55. The number of aryl methyl sites for hydroxylation is 1.